The van der Waals surface area contributed by atoms with Gasteiger partial charge in [-0.2, -0.15) is 0 Å². The summed E-state index contributed by atoms with van der Waals surface area (Å²) in [5.74, 6) is -2.22. The molecule has 0 spiro atoms. The molecule has 2 aromatic rings. The van der Waals surface area contributed by atoms with Crippen LogP contribution < -0.4 is 38.5 Å². The van der Waals surface area contributed by atoms with Gasteiger partial charge in [-0.1, -0.05) is 12.1 Å². The average Bonchev–Trinajstić information content (AvgIpc) is 2.95. The second-order valence-corrected chi connectivity index (χ2v) is 9.93. The molecule has 12 N–H and O–H groups in total. The molecular weight excluding hydrogens is 530 g/mol. The maximum atomic E-state index is 13.4. The van der Waals surface area contributed by atoms with Gasteiger partial charge in [-0.15, -0.1) is 0 Å². The highest BCUT2D eigenvalue weighted by molar-refractivity contribution is 5.93. The smallest absolute Gasteiger partial charge is 0.243 e. The SMILES string of the molecule is NCCC[C@@H]1NC(=O)[C@@H](N)Cc2cc(ccc2O)-c2ccc(O)c(c2)C[C@@H](C(=O)NCCC(=O)NCCN)NC1=O. The Morgan fingerprint density at radius 2 is 1.49 bits per heavy atom. The van der Waals surface area contributed by atoms with E-state index in [1.54, 1.807) is 24.3 Å². The number of hydrogen-bond acceptors (Lipinski definition) is 9. The van der Waals surface area contributed by atoms with E-state index in [2.05, 4.69) is 21.3 Å². The molecule has 0 fully saturated rings. The van der Waals surface area contributed by atoms with E-state index in [4.69, 9.17) is 17.2 Å². The molecule has 0 unspecified atom stereocenters. The number of nitrogens with two attached hydrogens (primary N) is 3. The third-order valence-corrected chi connectivity index (χ3v) is 6.77. The number of phenolic OH excluding ortho intramolecular Hbond substituents is 2. The molecular formula is C28H39N7O6. The summed E-state index contributed by atoms with van der Waals surface area (Å²) in [4.78, 5) is 51.5. The zero-order valence-corrected chi connectivity index (χ0v) is 22.8. The zero-order valence-electron chi connectivity index (χ0n) is 22.8. The predicted octanol–water partition coefficient (Wildman–Crippen LogP) is -1.52. The molecule has 1 aliphatic rings. The summed E-state index contributed by atoms with van der Waals surface area (Å²) in [6, 6.07) is 6.46. The van der Waals surface area contributed by atoms with Gasteiger partial charge in [0, 0.05) is 38.9 Å². The molecule has 0 saturated heterocycles. The Kier molecular flexibility index (Phi) is 11.4. The van der Waals surface area contributed by atoms with Crippen LogP contribution in [-0.4, -0.2) is 78.1 Å². The molecule has 1 heterocycles. The summed E-state index contributed by atoms with van der Waals surface area (Å²) in [5.41, 5.74) is 19.4. The number of nitrogens with one attached hydrogen (secondary N) is 4. The van der Waals surface area contributed by atoms with Gasteiger partial charge < -0.3 is 48.7 Å². The van der Waals surface area contributed by atoms with Crippen LogP contribution in [0.4, 0.5) is 0 Å². The minimum absolute atomic E-state index is 0.00337. The Labute approximate surface area is 238 Å². The molecule has 2 aromatic carbocycles. The first-order valence-corrected chi connectivity index (χ1v) is 13.6. The van der Waals surface area contributed by atoms with Crippen molar-refractivity contribution in [3.8, 4) is 22.6 Å². The third-order valence-electron chi connectivity index (χ3n) is 6.77. The lowest BCUT2D eigenvalue weighted by Crippen LogP contribution is -2.56. The molecule has 0 saturated carbocycles. The highest BCUT2D eigenvalue weighted by Gasteiger charge is 2.29. The van der Waals surface area contributed by atoms with Gasteiger partial charge >= 0.3 is 0 Å². The molecule has 41 heavy (non-hydrogen) atoms. The molecule has 0 aromatic heterocycles. The topological polar surface area (TPSA) is 235 Å². The maximum absolute atomic E-state index is 13.4. The Balaban J connectivity index is 1.97. The second kappa shape index (κ2) is 15.0. The number of rotatable bonds is 9. The molecule has 13 heteroatoms. The number of hydrogen-bond donors (Lipinski definition) is 9. The van der Waals surface area contributed by atoms with Crippen LogP contribution in [0.15, 0.2) is 36.4 Å². The van der Waals surface area contributed by atoms with Crippen molar-refractivity contribution in [2.45, 2.75) is 50.2 Å². The van der Waals surface area contributed by atoms with E-state index in [-0.39, 0.29) is 62.7 Å². The van der Waals surface area contributed by atoms with E-state index in [1.165, 1.54) is 12.1 Å². The quantitative estimate of drug-likeness (QED) is 0.170. The van der Waals surface area contributed by atoms with E-state index < -0.39 is 35.8 Å². The maximum Gasteiger partial charge on any atom is 0.243 e. The number of fused-ring (bicyclic) bond motifs is 5. The van der Waals surface area contributed by atoms with E-state index >= 15 is 0 Å². The van der Waals surface area contributed by atoms with Crippen molar-refractivity contribution in [3.63, 3.8) is 0 Å². The molecule has 0 radical (unpaired) electrons. The fourth-order valence-corrected chi connectivity index (χ4v) is 4.48. The van der Waals surface area contributed by atoms with Crippen molar-refractivity contribution in [2.24, 2.45) is 17.2 Å². The molecule has 3 rings (SSSR count). The fraction of sp³-hybridized carbons (Fsp3) is 0.429. The van der Waals surface area contributed by atoms with Crippen LogP contribution in [0.1, 0.15) is 30.4 Å². The first-order chi connectivity index (χ1) is 19.6. The van der Waals surface area contributed by atoms with E-state index in [9.17, 15) is 29.4 Å². The number of phenols is 2. The number of amides is 4. The van der Waals surface area contributed by atoms with E-state index in [0.717, 1.165) is 0 Å². The van der Waals surface area contributed by atoms with Crippen LogP contribution in [0.5, 0.6) is 11.5 Å². The van der Waals surface area contributed by atoms with Gasteiger partial charge in [0.1, 0.15) is 23.6 Å². The normalized spacial score (nSPS) is 19.2. The van der Waals surface area contributed by atoms with E-state index in [1.807, 2.05) is 0 Å². The fourth-order valence-electron chi connectivity index (χ4n) is 4.48. The highest BCUT2D eigenvalue weighted by Crippen LogP contribution is 2.30. The molecule has 222 valence electrons. The van der Waals surface area contributed by atoms with Crippen molar-refractivity contribution in [2.75, 3.05) is 26.2 Å². The zero-order chi connectivity index (χ0) is 29.9. The van der Waals surface area contributed by atoms with Crippen LogP contribution >= 0.6 is 0 Å². The van der Waals surface area contributed by atoms with Crippen LogP contribution in [0.25, 0.3) is 11.1 Å². The number of benzene rings is 2. The molecule has 0 aliphatic carbocycles. The Morgan fingerprint density at radius 3 is 2.10 bits per heavy atom. The first kappa shape index (κ1) is 31.3. The average molecular weight is 570 g/mol. The van der Waals surface area contributed by atoms with Gasteiger partial charge in [-0.05, 0) is 65.9 Å². The first-order valence-electron chi connectivity index (χ1n) is 13.6. The summed E-state index contributed by atoms with van der Waals surface area (Å²) in [6.07, 6.45) is 0.527. The molecule has 3 atom stereocenters. The van der Waals surface area contributed by atoms with Crippen LogP contribution in [-0.2, 0) is 32.0 Å². The van der Waals surface area contributed by atoms with Gasteiger partial charge in [-0.3, -0.25) is 19.2 Å². The number of carbonyl (C=O) groups is 4. The summed E-state index contributed by atoms with van der Waals surface area (Å²) in [5, 5.41) is 31.7. The lowest BCUT2D eigenvalue weighted by atomic mass is 9.95. The molecule has 13 nitrogen and oxygen atoms in total. The highest BCUT2D eigenvalue weighted by atomic mass is 16.3. The molecule has 1 aliphatic heterocycles. The summed E-state index contributed by atoms with van der Waals surface area (Å²) in [6.45, 7) is 0.866. The van der Waals surface area contributed by atoms with Crippen molar-refractivity contribution >= 4 is 23.6 Å². The van der Waals surface area contributed by atoms with E-state index in [0.29, 0.717) is 35.2 Å². The molecule has 4 bridgehead atoms. The number of aromatic hydroxyl groups is 2. The lowest BCUT2D eigenvalue weighted by molar-refractivity contribution is -0.132. The van der Waals surface area contributed by atoms with Gasteiger partial charge in [0.25, 0.3) is 0 Å². The lowest BCUT2D eigenvalue weighted by Gasteiger charge is -2.24. The summed E-state index contributed by atoms with van der Waals surface area (Å²) < 4.78 is 0. The van der Waals surface area contributed by atoms with Crippen molar-refractivity contribution in [3.05, 3.63) is 47.5 Å². The Hall–Kier alpha value is -4.20. The monoisotopic (exact) mass is 569 g/mol. The van der Waals surface area contributed by atoms with Crippen molar-refractivity contribution in [1.29, 1.82) is 0 Å². The summed E-state index contributed by atoms with van der Waals surface area (Å²) in [7, 11) is 0. The minimum Gasteiger partial charge on any atom is -0.508 e. The third kappa shape index (κ3) is 8.90. The Morgan fingerprint density at radius 1 is 0.854 bits per heavy atom. The standard InChI is InChI=1S/C28H39N7O6/c29-8-1-2-21-28(41)35-22(27(40)33-10-7-25(38)32-11-9-30)15-19-13-17(4-6-24(19)37)16-3-5-23(36)18(12-16)14-20(31)26(39)34-21/h3-6,12-13,20-22,36-37H,1-2,7-11,14-15,29-31H2,(H,32,38)(H,33,40)(H,34,39)(H,35,41)/t20-,21-,22-/m0/s1. The van der Waals surface area contributed by atoms with Gasteiger partial charge in [-0.25, -0.2) is 0 Å². The van der Waals surface area contributed by atoms with Crippen LogP contribution in [0.3, 0.4) is 0 Å². The predicted molar refractivity (Wildman–Crippen MR) is 152 cm³/mol. The second-order valence-electron chi connectivity index (χ2n) is 9.93. The summed E-state index contributed by atoms with van der Waals surface area (Å²) >= 11 is 0. The largest absolute Gasteiger partial charge is 0.508 e. The van der Waals surface area contributed by atoms with Gasteiger partial charge in [0.15, 0.2) is 0 Å². The Bertz CT molecular complexity index is 1250. The van der Waals surface area contributed by atoms with Crippen LogP contribution in [0.2, 0.25) is 0 Å². The van der Waals surface area contributed by atoms with Crippen molar-refractivity contribution in [1.82, 2.24) is 21.3 Å². The van der Waals surface area contributed by atoms with Crippen LogP contribution in [0, 0.1) is 0 Å². The van der Waals surface area contributed by atoms with Gasteiger partial charge in [0.05, 0.1) is 6.04 Å². The van der Waals surface area contributed by atoms with Gasteiger partial charge in [0.2, 0.25) is 23.6 Å². The van der Waals surface area contributed by atoms with Crippen molar-refractivity contribution < 1.29 is 29.4 Å². The molecule has 4 amide bonds. The minimum atomic E-state index is -1.15. The number of carbonyl (C=O) groups excluding carboxylic acids is 4.